The number of piperidine rings is 1. The number of aromatic nitrogens is 4. The van der Waals surface area contributed by atoms with Crippen molar-refractivity contribution in [1.29, 1.82) is 5.26 Å². The average molecular weight is 560 g/mol. The number of primary amides is 1. The van der Waals surface area contributed by atoms with Crippen molar-refractivity contribution >= 4 is 40.6 Å². The Bertz CT molecular complexity index is 1530. The number of hydrogen-bond donors (Lipinski definition) is 3. The first-order valence-electron chi connectivity index (χ1n) is 13.7. The van der Waals surface area contributed by atoms with E-state index in [4.69, 9.17) is 16.1 Å². The lowest BCUT2D eigenvalue weighted by Crippen LogP contribution is -2.52. The van der Waals surface area contributed by atoms with Crippen LogP contribution in [0.2, 0.25) is 0 Å². The largest absolute Gasteiger partial charge is 0.481 e. The normalized spacial score (nSPS) is 20.3. The van der Waals surface area contributed by atoms with Crippen LogP contribution in [-0.2, 0) is 9.59 Å². The zero-order chi connectivity index (χ0) is 29.3. The number of carbonyl (C=O) groups is 3. The monoisotopic (exact) mass is 559 g/mol. The molecule has 0 radical (unpaired) electrons. The SMILES string of the molecule is CC1(C)CN(c2ncc(C#N)cn2)CC[C@H]1Nc1c(C(N)=O)cnn2cc(N3CCC(CCCC(=O)O)C3=O)cc12. The third-order valence-corrected chi connectivity index (χ3v) is 8.06. The van der Waals surface area contributed by atoms with E-state index in [0.29, 0.717) is 67.3 Å². The molecule has 0 spiro atoms. The van der Waals surface area contributed by atoms with Crippen LogP contribution in [0, 0.1) is 22.7 Å². The lowest BCUT2D eigenvalue weighted by molar-refractivity contribution is -0.137. The molecule has 4 N–H and O–H groups in total. The van der Waals surface area contributed by atoms with Gasteiger partial charge in [-0.05, 0) is 31.7 Å². The molecule has 0 aromatic carbocycles. The van der Waals surface area contributed by atoms with E-state index < -0.39 is 11.9 Å². The molecule has 2 fully saturated rings. The molecule has 0 bridgehead atoms. The molecule has 5 rings (SSSR count). The van der Waals surface area contributed by atoms with Crippen molar-refractivity contribution in [3.05, 3.63) is 42.0 Å². The van der Waals surface area contributed by atoms with E-state index in [9.17, 15) is 14.4 Å². The van der Waals surface area contributed by atoms with Crippen LogP contribution in [0.5, 0.6) is 0 Å². The molecular weight excluding hydrogens is 526 g/mol. The number of rotatable bonds is 9. The van der Waals surface area contributed by atoms with Gasteiger partial charge < -0.3 is 26.0 Å². The third kappa shape index (κ3) is 5.63. The summed E-state index contributed by atoms with van der Waals surface area (Å²) in [6.45, 7) is 6.08. The van der Waals surface area contributed by atoms with E-state index in [1.54, 1.807) is 15.6 Å². The van der Waals surface area contributed by atoms with E-state index in [1.807, 2.05) is 12.1 Å². The number of carboxylic acids is 1. The maximum absolute atomic E-state index is 13.1. The third-order valence-electron chi connectivity index (χ3n) is 8.06. The first-order valence-corrected chi connectivity index (χ1v) is 13.7. The zero-order valence-electron chi connectivity index (χ0n) is 23.1. The van der Waals surface area contributed by atoms with Crippen molar-refractivity contribution in [3.63, 3.8) is 0 Å². The van der Waals surface area contributed by atoms with E-state index in [0.717, 1.165) is 6.42 Å². The predicted molar refractivity (Wildman–Crippen MR) is 150 cm³/mol. The molecule has 2 aliphatic heterocycles. The van der Waals surface area contributed by atoms with Crippen LogP contribution < -0.4 is 20.9 Å². The van der Waals surface area contributed by atoms with Crippen molar-refractivity contribution in [1.82, 2.24) is 19.6 Å². The molecule has 3 aromatic heterocycles. The smallest absolute Gasteiger partial charge is 0.303 e. The first-order chi connectivity index (χ1) is 19.6. The zero-order valence-corrected chi connectivity index (χ0v) is 23.1. The Kier molecular flexibility index (Phi) is 7.49. The lowest BCUT2D eigenvalue weighted by Gasteiger charge is -2.45. The highest BCUT2D eigenvalue weighted by molar-refractivity contribution is 6.03. The molecule has 0 aliphatic carbocycles. The molecule has 13 heteroatoms. The van der Waals surface area contributed by atoms with E-state index in [1.165, 1.54) is 18.6 Å². The summed E-state index contributed by atoms with van der Waals surface area (Å²) in [5.41, 5.74) is 8.01. The molecule has 41 heavy (non-hydrogen) atoms. The Hall–Kier alpha value is -4.73. The topological polar surface area (TPSA) is 183 Å². The second-order valence-electron chi connectivity index (χ2n) is 11.4. The fourth-order valence-electron chi connectivity index (χ4n) is 5.80. The number of carbonyl (C=O) groups excluding carboxylic acids is 2. The average Bonchev–Trinajstić information content (AvgIpc) is 3.52. The number of anilines is 3. The number of nitrogens with one attached hydrogen (secondary N) is 1. The van der Waals surface area contributed by atoms with Gasteiger partial charge in [-0.2, -0.15) is 10.4 Å². The van der Waals surface area contributed by atoms with Gasteiger partial charge in [-0.1, -0.05) is 13.8 Å². The Morgan fingerprint density at radius 3 is 2.63 bits per heavy atom. The number of carboxylic acid groups (broad SMARTS) is 1. The predicted octanol–water partition coefficient (Wildman–Crippen LogP) is 2.42. The molecule has 2 aliphatic rings. The van der Waals surface area contributed by atoms with Crippen LogP contribution >= 0.6 is 0 Å². The number of amides is 2. The lowest BCUT2D eigenvalue weighted by atomic mass is 9.79. The Morgan fingerprint density at radius 2 is 1.98 bits per heavy atom. The summed E-state index contributed by atoms with van der Waals surface area (Å²) >= 11 is 0. The Morgan fingerprint density at radius 1 is 1.22 bits per heavy atom. The van der Waals surface area contributed by atoms with Gasteiger partial charge in [0.1, 0.15) is 6.07 Å². The molecular formula is C28H33N9O4. The summed E-state index contributed by atoms with van der Waals surface area (Å²) in [5.74, 6) is -1.15. The Labute approximate surface area is 237 Å². The Balaban J connectivity index is 1.38. The van der Waals surface area contributed by atoms with Crippen LogP contribution in [0.4, 0.5) is 17.3 Å². The molecule has 2 saturated heterocycles. The van der Waals surface area contributed by atoms with Gasteiger partial charge in [0.2, 0.25) is 11.9 Å². The van der Waals surface area contributed by atoms with Gasteiger partial charge in [-0.15, -0.1) is 0 Å². The summed E-state index contributed by atoms with van der Waals surface area (Å²) in [5, 5.41) is 25.9. The van der Waals surface area contributed by atoms with E-state index >= 15 is 0 Å². The maximum Gasteiger partial charge on any atom is 0.303 e. The van der Waals surface area contributed by atoms with Crippen molar-refractivity contribution in [3.8, 4) is 6.07 Å². The number of hydrogen-bond acceptors (Lipinski definition) is 9. The van der Waals surface area contributed by atoms with Crippen LogP contribution in [0.1, 0.15) is 61.9 Å². The minimum Gasteiger partial charge on any atom is -0.481 e. The van der Waals surface area contributed by atoms with Gasteiger partial charge in [0.15, 0.2) is 0 Å². The molecule has 5 heterocycles. The second-order valence-corrected chi connectivity index (χ2v) is 11.4. The molecule has 2 amide bonds. The van der Waals surface area contributed by atoms with Gasteiger partial charge in [0, 0.05) is 43.4 Å². The molecule has 0 saturated carbocycles. The molecule has 3 aromatic rings. The fourth-order valence-corrected chi connectivity index (χ4v) is 5.80. The number of nitrogens with two attached hydrogens (primary N) is 1. The van der Waals surface area contributed by atoms with Crippen LogP contribution in [-0.4, -0.2) is 68.1 Å². The van der Waals surface area contributed by atoms with Crippen molar-refractivity contribution in [2.45, 2.75) is 52.0 Å². The van der Waals surface area contributed by atoms with E-state index in [-0.39, 0.29) is 35.3 Å². The van der Waals surface area contributed by atoms with Gasteiger partial charge >= 0.3 is 5.97 Å². The molecule has 214 valence electrons. The number of aliphatic carboxylic acids is 1. The summed E-state index contributed by atoms with van der Waals surface area (Å²) in [6.07, 6.45) is 8.65. The summed E-state index contributed by atoms with van der Waals surface area (Å²) < 4.78 is 1.64. The first kappa shape index (κ1) is 27.8. The molecule has 13 nitrogen and oxygen atoms in total. The van der Waals surface area contributed by atoms with Gasteiger partial charge in [0.25, 0.3) is 5.91 Å². The second kappa shape index (κ2) is 11.0. The number of nitrogens with zero attached hydrogens (tertiary/aromatic N) is 7. The van der Waals surface area contributed by atoms with Gasteiger partial charge in [0.05, 0.1) is 52.8 Å². The van der Waals surface area contributed by atoms with Crippen LogP contribution in [0.3, 0.4) is 0 Å². The summed E-state index contributed by atoms with van der Waals surface area (Å²) in [6, 6.07) is 3.84. The quantitative estimate of drug-likeness (QED) is 0.352. The van der Waals surface area contributed by atoms with Gasteiger partial charge in [-0.3, -0.25) is 14.4 Å². The van der Waals surface area contributed by atoms with Crippen LogP contribution in [0.15, 0.2) is 30.9 Å². The molecule has 1 unspecified atom stereocenters. The molecule has 2 atom stereocenters. The fraction of sp³-hybridized carbons (Fsp3) is 0.464. The number of fused-ring (bicyclic) bond motifs is 1. The highest BCUT2D eigenvalue weighted by Crippen LogP contribution is 2.37. The minimum atomic E-state index is -0.862. The number of nitriles is 1. The van der Waals surface area contributed by atoms with Crippen molar-refractivity contribution in [2.75, 3.05) is 34.8 Å². The standard InChI is InChI=1S/C28H33N9O4/c1-28(2)16-35(27-31-12-17(11-29)13-32-27)8-7-22(28)34-24-20(25(30)40)14-33-37-15-19(10-21(24)37)36-9-6-18(26(36)41)4-3-5-23(38)39/h10,12-15,18,22,34H,3-9,16H2,1-2H3,(H2,30,40)(H,38,39)/t18?,22-/m1/s1. The van der Waals surface area contributed by atoms with E-state index in [2.05, 4.69) is 39.1 Å². The summed E-state index contributed by atoms with van der Waals surface area (Å²) in [7, 11) is 0. The van der Waals surface area contributed by atoms with Gasteiger partial charge in [-0.25, -0.2) is 14.5 Å². The van der Waals surface area contributed by atoms with Crippen LogP contribution in [0.25, 0.3) is 5.52 Å². The van der Waals surface area contributed by atoms with Crippen molar-refractivity contribution in [2.24, 2.45) is 17.1 Å². The summed E-state index contributed by atoms with van der Waals surface area (Å²) in [4.78, 5) is 48.9. The maximum atomic E-state index is 13.1. The van der Waals surface area contributed by atoms with Crippen molar-refractivity contribution < 1.29 is 19.5 Å². The highest BCUT2D eigenvalue weighted by atomic mass is 16.4. The minimum absolute atomic E-state index is 0.0329. The highest BCUT2D eigenvalue weighted by Gasteiger charge is 2.38.